The molecule has 0 aliphatic carbocycles. The SMILES string of the molecule is CCn1nc(-c2cccc(NS(C)(=O)=O)c2)c2c(c(Nc3ccc(I)cc3F)c(F)c(=O)n2C)c1=O. The summed E-state index contributed by atoms with van der Waals surface area (Å²) in [5.74, 6) is -1.95. The maximum Gasteiger partial charge on any atom is 0.289 e. The Morgan fingerprint density at radius 3 is 2.44 bits per heavy atom. The maximum absolute atomic E-state index is 15.3. The van der Waals surface area contributed by atoms with Gasteiger partial charge in [0, 0.05) is 28.4 Å². The molecule has 0 fully saturated rings. The van der Waals surface area contributed by atoms with Gasteiger partial charge in [0.25, 0.3) is 11.1 Å². The van der Waals surface area contributed by atoms with Crippen LogP contribution in [-0.2, 0) is 23.6 Å². The van der Waals surface area contributed by atoms with Crippen LogP contribution in [0.5, 0.6) is 0 Å². The molecular weight excluding hydrogens is 607 g/mol. The first-order valence-corrected chi connectivity index (χ1v) is 13.5. The summed E-state index contributed by atoms with van der Waals surface area (Å²) < 4.78 is 58.4. The van der Waals surface area contributed by atoms with Crippen LogP contribution in [0.3, 0.4) is 0 Å². The maximum atomic E-state index is 15.3. The number of aromatic nitrogens is 3. The highest BCUT2D eigenvalue weighted by molar-refractivity contribution is 14.1. The molecule has 4 aromatic rings. The van der Waals surface area contributed by atoms with Crippen molar-refractivity contribution < 1.29 is 17.2 Å². The van der Waals surface area contributed by atoms with Crippen molar-refractivity contribution in [2.45, 2.75) is 13.5 Å². The number of benzene rings is 2. The van der Waals surface area contributed by atoms with Gasteiger partial charge < -0.3 is 9.88 Å². The number of halogens is 3. The quantitative estimate of drug-likeness (QED) is 0.315. The zero-order valence-electron chi connectivity index (χ0n) is 19.3. The van der Waals surface area contributed by atoms with Crippen molar-refractivity contribution in [2.24, 2.45) is 7.05 Å². The Balaban J connectivity index is 2.09. The fourth-order valence-corrected chi connectivity index (χ4v) is 4.78. The Morgan fingerprint density at radius 2 is 1.81 bits per heavy atom. The van der Waals surface area contributed by atoms with Crippen molar-refractivity contribution in [2.75, 3.05) is 16.3 Å². The van der Waals surface area contributed by atoms with Gasteiger partial charge in [0.2, 0.25) is 15.8 Å². The number of nitrogens with zero attached hydrogens (tertiary/aromatic N) is 3. The highest BCUT2D eigenvalue weighted by Crippen LogP contribution is 2.32. The number of pyridine rings is 1. The molecule has 13 heteroatoms. The average molecular weight is 627 g/mol. The third kappa shape index (κ3) is 4.84. The molecule has 2 aromatic heterocycles. The van der Waals surface area contributed by atoms with Gasteiger partial charge in [0.05, 0.1) is 28.5 Å². The van der Waals surface area contributed by atoms with E-state index in [2.05, 4.69) is 15.1 Å². The highest BCUT2D eigenvalue weighted by atomic mass is 127. The van der Waals surface area contributed by atoms with Gasteiger partial charge in [-0.05, 0) is 59.8 Å². The molecule has 9 nitrogen and oxygen atoms in total. The van der Waals surface area contributed by atoms with E-state index in [0.717, 1.165) is 15.5 Å². The van der Waals surface area contributed by atoms with E-state index in [9.17, 15) is 22.4 Å². The van der Waals surface area contributed by atoms with Crippen LogP contribution in [0, 0.1) is 15.2 Å². The molecule has 0 bridgehead atoms. The molecule has 0 amide bonds. The van der Waals surface area contributed by atoms with E-state index >= 15 is 4.39 Å². The largest absolute Gasteiger partial charge is 0.350 e. The Bertz CT molecular complexity index is 1750. The summed E-state index contributed by atoms with van der Waals surface area (Å²) in [6.45, 7) is 1.78. The molecule has 188 valence electrons. The smallest absolute Gasteiger partial charge is 0.289 e. The minimum absolute atomic E-state index is 0.000949. The number of rotatable bonds is 6. The molecule has 0 aliphatic rings. The molecule has 36 heavy (non-hydrogen) atoms. The third-order valence-electron chi connectivity index (χ3n) is 5.36. The van der Waals surface area contributed by atoms with E-state index in [-0.39, 0.29) is 34.5 Å². The summed E-state index contributed by atoms with van der Waals surface area (Å²) >= 11 is 1.92. The van der Waals surface area contributed by atoms with E-state index in [1.54, 1.807) is 25.1 Å². The van der Waals surface area contributed by atoms with E-state index in [4.69, 9.17) is 0 Å². The third-order valence-corrected chi connectivity index (χ3v) is 6.63. The predicted molar refractivity (Wildman–Crippen MR) is 143 cm³/mol. The number of aryl methyl sites for hydroxylation is 2. The second kappa shape index (κ2) is 9.61. The lowest BCUT2D eigenvalue weighted by Gasteiger charge is -2.18. The van der Waals surface area contributed by atoms with Gasteiger partial charge >= 0.3 is 0 Å². The molecule has 0 unspecified atom stereocenters. The Kier molecular flexibility index (Phi) is 6.88. The lowest BCUT2D eigenvalue weighted by atomic mass is 10.1. The molecule has 2 heterocycles. The van der Waals surface area contributed by atoms with Crippen molar-refractivity contribution in [1.29, 1.82) is 0 Å². The van der Waals surface area contributed by atoms with Gasteiger partial charge in [-0.25, -0.2) is 17.5 Å². The lowest BCUT2D eigenvalue weighted by molar-refractivity contribution is 0.594. The number of fused-ring (bicyclic) bond motifs is 1. The first-order chi connectivity index (χ1) is 16.9. The minimum atomic E-state index is -3.58. The minimum Gasteiger partial charge on any atom is -0.350 e. The second-order valence-electron chi connectivity index (χ2n) is 7.95. The lowest BCUT2D eigenvalue weighted by Crippen LogP contribution is -2.30. The van der Waals surface area contributed by atoms with E-state index in [1.165, 1.54) is 31.3 Å². The molecule has 2 N–H and O–H groups in total. The van der Waals surface area contributed by atoms with Crippen molar-refractivity contribution in [3.05, 3.63) is 78.4 Å². The highest BCUT2D eigenvalue weighted by Gasteiger charge is 2.24. The molecule has 4 rings (SSSR count). The first kappa shape index (κ1) is 25.8. The summed E-state index contributed by atoms with van der Waals surface area (Å²) in [4.78, 5) is 26.2. The van der Waals surface area contributed by atoms with Gasteiger partial charge in [-0.15, -0.1) is 0 Å². The van der Waals surface area contributed by atoms with Gasteiger partial charge in [0.15, 0.2) is 0 Å². The van der Waals surface area contributed by atoms with E-state index in [1.807, 2.05) is 22.6 Å². The van der Waals surface area contributed by atoms with Crippen LogP contribution in [-0.4, -0.2) is 29.0 Å². The van der Waals surface area contributed by atoms with Crippen molar-refractivity contribution in [3.8, 4) is 11.3 Å². The van der Waals surface area contributed by atoms with Crippen molar-refractivity contribution >= 4 is 60.6 Å². The number of sulfonamides is 1. The van der Waals surface area contributed by atoms with E-state index in [0.29, 0.717) is 9.13 Å². The van der Waals surface area contributed by atoms with Gasteiger partial charge in [0.1, 0.15) is 11.5 Å². The van der Waals surface area contributed by atoms with Crippen molar-refractivity contribution in [3.63, 3.8) is 0 Å². The fourth-order valence-electron chi connectivity index (χ4n) is 3.78. The summed E-state index contributed by atoms with van der Waals surface area (Å²) in [7, 11) is -2.29. The van der Waals surface area contributed by atoms with Crippen LogP contribution >= 0.6 is 22.6 Å². The van der Waals surface area contributed by atoms with Gasteiger partial charge in [-0.3, -0.25) is 14.3 Å². The van der Waals surface area contributed by atoms with Crippen LogP contribution in [0.2, 0.25) is 0 Å². The summed E-state index contributed by atoms with van der Waals surface area (Å²) in [6.07, 6.45) is 0.999. The van der Waals surface area contributed by atoms with Crippen LogP contribution in [0.15, 0.2) is 52.1 Å². The summed E-state index contributed by atoms with van der Waals surface area (Å²) in [6, 6.07) is 10.4. The normalized spacial score (nSPS) is 11.6. The molecule has 0 saturated carbocycles. The molecular formula is C23H20F2IN5O4S. The Hall–Kier alpha value is -3.33. The number of nitrogens with one attached hydrogen (secondary N) is 2. The number of anilines is 3. The molecule has 0 atom stereocenters. The van der Waals surface area contributed by atoms with Crippen LogP contribution in [0.4, 0.5) is 25.8 Å². The molecule has 0 aliphatic heterocycles. The number of hydrogen-bond acceptors (Lipinski definition) is 6. The van der Waals surface area contributed by atoms with Crippen LogP contribution in [0.1, 0.15) is 6.92 Å². The second-order valence-corrected chi connectivity index (χ2v) is 10.9. The van der Waals surface area contributed by atoms with Gasteiger partial charge in [-0.1, -0.05) is 12.1 Å². The topological polar surface area (TPSA) is 115 Å². The average Bonchev–Trinajstić information content (AvgIpc) is 2.80. The van der Waals surface area contributed by atoms with Gasteiger partial charge in [-0.2, -0.15) is 9.49 Å². The molecule has 0 saturated heterocycles. The zero-order chi connectivity index (χ0) is 26.4. The molecule has 0 radical (unpaired) electrons. The van der Waals surface area contributed by atoms with E-state index < -0.39 is 38.5 Å². The monoisotopic (exact) mass is 627 g/mol. The molecule has 0 spiro atoms. The predicted octanol–water partition coefficient (Wildman–Crippen LogP) is 3.78. The standard InChI is InChI=1S/C23H20F2IN5O4S/c1-4-31-22(32)17-20(27-16-9-8-13(26)11-15(16)24)18(25)23(33)30(2)21(17)19(28-31)12-6-5-7-14(10-12)29-36(3,34)35/h5-11,27,29H,4H2,1-3H3. The summed E-state index contributed by atoms with van der Waals surface area (Å²) in [5.41, 5.74) is -1.62. The van der Waals surface area contributed by atoms with Crippen LogP contribution < -0.4 is 21.2 Å². The molecule has 2 aromatic carbocycles. The first-order valence-electron chi connectivity index (χ1n) is 10.5. The zero-order valence-corrected chi connectivity index (χ0v) is 22.2. The van der Waals surface area contributed by atoms with Crippen molar-refractivity contribution in [1.82, 2.24) is 14.3 Å². The Morgan fingerprint density at radius 1 is 1.08 bits per heavy atom. The van der Waals surface area contributed by atoms with Crippen LogP contribution in [0.25, 0.3) is 22.2 Å². The Labute approximate surface area is 218 Å². The summed E-state index contributed by atoms with van der Waals surface area (Å²) in [5, 5.41) is 6.76. The number of hydrogen-bond donors (Lipinski definition) is 2. The fraction of sp³-hybridized carbons (Fsp3) is 0.174.